The van der Waals surface area contributed by atoms with Crippen molar-refractivity contribution in [3.05, 3.63) is 60.8 Å². The van der Waals surface area contributed by atoms with Crippen molar-refractivity contribution in [1.82, 2.24) is 4.90 Å². The number of carbonyl (C=O) groups excluding carboxylic acids is 1. The standard InChI is InChI=1S/C28H38N2O7/c1-15-13-30-23(24(15)32)17-8-4-3-7-16-11-12-21(37-27-22(29)25(33)20(31)14-36-27)28(2,35)19(16)10-6-5-9-18(17)26(30)34/h3-12,15-25,27,31-33,35H,13-14,29H2,1-2H3/t15-,16+,17+,18-,19-,20+,21-,22+,23+,24+,25-,27-,28+/m0/s1. The molecule has 3 heterocycles. The van der Waals surface area contributed by atoms with E-state index >= 15 is 0 Å². The highest BCUT2D eigenvalue weighted by Crippen LogP contribution is 2.42. The summed E-state index contributed by atoms with van der Waals surface area (Å²) in [5, 5.41) is 42.3. The zero-order chi connectivity index (χ0) is 26.5. The number of hydrogen-bond acceptors (Lipinski definition) is 8. The number of hydrogen-bond donors (Lipinski definition) is 5. The summed E-state index contributed by atoms with van der Waals surface area (Å²) in [5.74, 6) is -0.890. The molecule has 0 aromatic heterocycles. The van der Waals surface area contributed by atoms with Gasteiger partial charge in [0.2, 0.25) is 5.91 Å². The summed E-state index contributed by atoms with van der Waals surface area (Å²) in [6.45, 7) is 4.12. The Kier molecular flexibility index (Phi) is 7.32. The third-order valence-electron chi connectivity index (χ3n) is 8.67. The van der Waals surface area contributed by atoms with Crippen molar-refractivity contribution in [1.29, 1.82) is 0 Å². The molecule has 0 aromatic rings. The first-order valence-corrected chi connectivity index (χ1v) is 13.1. The predicted octanol–water partition coefficient (Wildman–Crippen LogP) is 0.0224. The van der Waals surface area contributed by atoms with Crippen LogP contribution in [0.4, 0.5) is 0 Å². The van der Waals surface area contributed by atoms with Gasteiger partial charge in [0.1, 0.15) is 18.3 Å². The Balaban J connectivity index is 1.38. The zero-order valence-electron chi connectivity index (χ0n) is 21.2. The molecule has 9 heteroatoms. The van der Waals surface area contributed by atoms with Crippen LogP contribution in [0.1, 0.15) is 13.8 Å². The van der Waals surface area contributed by atoms with Gasteiger partial charge in [-0.2, -0.15) is 0 Å². The number of carbonyl (C=O) groups is 1. The smallest absolute Gasteiger partial charge is 0.230 e. The number of ether oxygens (including phenoxy) is 2. The average molecular weight is 515 g/mol. The van der Waals surface area contributed by atoms with E-state index in [4.69, 9.17) is 15.2 Å². The molecule has 0 unspecified atom stereocenters. The number of fused-ring (bicyclic) bond motifs is 4. The molecule has 0 saturated carbocycles. The molecule has 13 atom stereocenters. The lowest BCUT2D eigenvalue weighted by atomic mass is 9.71. The second-order valence-corrected chi connectivity index (χ2v) is 11.2. The van der Waals surface area contributed by atoms with Crippen molar-refractivity contribution in [3.63, 3.8) is 0 Å². The Morgan fingerprint density at radius 2 is 1.73 bits per heavy atom. The molecule has 0 radical (unpaired) electrons. The lowest BCUT2D eigenvalue weighted by Gasteiger charge is -2.45. The Bertz CT molecular complexity index is 1020. The van der Waals surface area contributed by atoms with Crippen LogP contribution in [0.25, 0.3) is 0 Å². The summed E-state index contributed by atoms with van der Waals surface area (Å²) in [6.07, 6.45) is 14.5. The Morgan fingerprint density at radius 1 is 1.03 bits per heavy atom. The van der Waals surface area contributed by atoms with Crippen molar-refractivity contribution in [2.24, 2.45) is 35.3 Å². The molecule has 37 heavy (non-hydrogen) atoms. The Labute approximate surface area is 217 Å². The predicted molar refractivity (Wildman–Crippen MR) is 136 cm³/mol. The van der Waals surface area contributed by atoms with Gasteiger partial charge in [0.05, 0.1) is 36.3 Å². The van der Waals surface area contributed by atoms with Crippen LogP contribution in [0.15, 0.2) is 60.8 Å². The quantitative estimate of drug-likeness (QED) is 0.324. The van der Waals surface area contributed by atoms with Crippen LogP contribution in [0.3, 0.4) is 0 Å². The third-order valence-corrected chi connectivity index (χ3v) is 8.67. The van der Waals surface area contributed by atoms with Gasteiger partial charge in [0.25, 0.3) is 0 Å². The zero-order valence-corrected chi connectivity index (χ0v) is 21.2. The van der Waals surface area contributed by atoms with Crippen LogP contribution in [0.2, 0.25) is 0 Å². The molecule has 2 aliphatic carbocycles. The van der Waals surface area contributed by atoms with E-state index in [1.54, 1.807) is 13.0 Å². The van der Waals surface area contributed by atoms with E-state index in [-0.39, 0.29) is 48.1 Å². The van der Waals surface area contributed by atoms with Crippen LogP contribution in [-0.4, -0.2) is 92.8 Å². The monoisotopic (exact) mass is 514 g/mol. The molecule has 0 bridgehead atoms. The van der Waals surface area contributed by atoms with Gasteiger partial charge in [-0.1, -0.05) is 67.7 Å². The van der Waals surface area contributed by atoms with Crippen LogP contribution in [0, 0.1) is 29.6 Å². The van der Waals surface area contributed by atoms with Gasteiger partial charge in [-0.05, 0) is 6.92 Å². The summed E-state index contributed by atoms with van der Waals surface area (Å²) >= 11 is 0. The summed E-state index contributed by atoms with van der Waals surface area (Å²) in [6, 6.07) is -1.18. The van der Waals surface area contributed by atoms with Gasteiger partial charge in [0.15, 0.2) is 6.29 Å². The minimum Gasteiger partial charge on any atom is -0.391 e. The molecule has 3 saturated heterocycles. The molecule has 0 aromatic carbocycles. The van der Waals surface area contributed by atoms with Gasteiger partial charge in [-0.3, -0.25) is 4.79 Å². The molecule has 3 aliphatic heterocycles. The fraction of sp³-hybridized carbons (Fsp3) is 0.607. The highest BCUT2D eigenvalue weighted by atomic mass is 16.7. The van der Waals surface area contributed by atoms with Gasteiger partial charge in [-0.15, -0.1) is 0 Å². The number of nitrogens with zero attached hydrogens (tertiary/aromatic N) is 1. The van der Waals surface area contributed by atoms with Crippen molar-refractivity contribution < 1.29 is 34.7 Å². The maximum Gasteiger partial charge on any atom is 0.230 e. The largest absolute Gasteiger partial charge is 0.391 e. The third kappa shape index (κ3) is 4.67. The van der Waals surface area contributed by atoms with E-state index in [1.165, 1.54) is 0 Å². The summed E-state index contributed by atoms with van der Waals surface area (Å²) in [7, 11) is 0. The minimum atomic E-state index is -1.35. The number of amides is 1. The van der Waals surface area contributed by atoms with E-state index < -0.39 is 42.3 Å². The van der Waals surface area contributed by atoms with E-state index in [9.17, 15) is 25.2 Å². The fourth-order valence-electron chi connectivity index (χ4n) is 6.41. The van der Waals surface area contributed by atoms with Crippen LogP contribution >= 0.6 is 0 Å². The fourth-order valence-corrected chi connectivity index (χ4v) is 6.41. The number of nitrogens with two attached hydrogens (primary N) is 1. The molecule has 9 nitrogen and oxygen atoms in total. The molecule has 5 rings (SSSR count). The van der Waals surface area contributed by atoms with Crippen LogP contribution < -0.4 is 5.73 Å². The van der Waals surface area contributed by atoms with E-state index in [1.807, 2.05) is 66.5 Å². The highest BCUT2D eigenvalue weighted by Gasteiger charge is 2.54. The molecule has 3 fully saturated rings. The van der Waals surface area contributed by atoms with E-state index in [0.717, 1.165) is 0 Å². The first kappa shape index (κ1) is 26.5. The van der Waals surface area contributed by atoms with Gasteiger partial charge in [0, 0.05) is 30.2 Å². The second-order valence-electron chi connectivity index (χ2n) is 11.2. The van der Waals surface area contributed by atoms with Crippen molar-refractivity contribution in [2.75, 3.05) is 13.2 Å². The van der Waals surface area contributed by atoms with E-state index in [0.29, 0.717) is 6.54 Å². The first-order valence-electron chi connectivity index (χ1n) is 13.1. The van der Waals surface area contributed by atoms with E-state index in [2.05, 4.69) is 0 Å². The maximum atomic E-state index is 13.1. The minimum absolute atomic E-state index is 0.0313. The van der Waals surface area contributed by atoms with Crippen molar-refractivity contribution in [3.8, 4) is 0 Å². The van der Waals surface area contributed by atoms with Gasteiger partial charge >= 0.3 is 0 Å². The number of allylic oxidation sites excluding steroid dienone is 6. The van der Waals surface area contributed by atoms with Gasteiger partial charge < -0.3 is 40.5 Å². The first-order chi connectivity index (χ1) is 17.6. The van der Waals surface area contributed by atoms with Gasteiger partial charge in [-0.25, -0.2) is 0 Å². The lowest BCUT2D eigenvalue weighted by molar-refractivity contribution is -0.260. The molecule has 6 N–H and O–H groups in total. The Morgan fingerprint density at radius 3 is 2.51 bits per heavy atom. The molecule has 0 spiro atoms. The average Bonchev–Trinajstić information content (AvgIpc) is 3.28. The highest BCUT2D eigenvalue weighted by molar-refractivity contribution is 5.85. The normalized spacial score (nSPS) is 49.4. The summed E-state index contributed by atoms with van der Waals surface area (Å²) < 4.78 is 11.5. The lowest BCUT2D eigenvalue weighted by Crippen LogP contribution is -2.61. The summed E-state index contributed by atoms with van der Waals surface area (Å²) in [4.78, 5) is 14.9. The van der Waals surface area contributed by atoms with Crippen LogP contribution in [0.5, 0.6) is 0 Å². The Hall–Kier alpha value is -2.11. The number of aliphatic hydroxyl groups excluding tert-OH is 3. The molecule has 5 aliphatic rings. The molecule has 202 valence electrons. The number of aliphatic hydroxyl groups is 4. The number of rotatable bonds is 2. The van der Waals surface area contributed by atoms with Crippen molar-refractivity contribution in [2.45, 2.75) is 62.2 Å². The topological polar surface area (TPSA) is 146 Å². The maximum absolute atomic E-state index is 13.1. The molecular formula is C28H38N2O7. The van der Waals surface area contributed by atoms with Crippen molar-refractivity contribution >= 4 is 5.91 Å². The molecule has 1 amide bonds. The second kappa shape index (κ2) is 10.2. The molecular weight excluding hydrogens is 476 g/mol. The van der Waals surface area contributed by atoms with Crippen LogP contribution in [-0.2, 0) is 14.3 Å². The SMILES string of the molecule is C[C@H]1CN2C(=O)[C@H]3C=CC=C[C@H]4[C@H](C=CC=C[C@H]3[C@@H]2[C@@H]1O)C=C[C@H](O[C@@H]1OC[C@@H](O)[C@H](O)[C@H]1N)[C@]4(C)O. The summed E-state index contributed by atoms with van der Waals surface area (Å²) in [5.41, 5.74) is 4.67.